The number of carbonyl (C=O) groups is 2. The molecule has 18 heavy (non-hydrogen) atoms. The molecule has 0 bridgehead atoms. The van der Waals surface area contributed by atoms with E-state index in [0.717, 1.165) is 6.42 Å². The molecule has 0 saturated carbocycles. The van der Waals surface area contributed by atoms with Crippen LogP contribution in [-0.2, 0) is 19.1 Å². The Kier molecular flexibility index (Phi) is 5.34. The van der Waals surface area contributed by atoms with Crippen molar-refractivity contribution in [2.45, 2.75) is 19.8 Å². The topological polar surface area (TPSA) is 55.8 Å². The van der Waals surface area contributed by atoms with Gasteiger partial charge in [-0.1, -0.05) is 6.58 Å². The van der Waals surface area contributed by atoms with E-state index in [1.807, 2.05) is 0 Å². The van der Waals surface area contributed by atoms with Crippen molar-refractivity contribution in [1.82, 2.24) is 4.90 Å². The van der Waals surface area contributed by atoms with Crippen molar-refractivity contribution < 1.29 is 19.1 Å². The summed E-state index contributed by atoms with van der Waals surface area (Å²) in [5.41, 5.74) is -0.734. The first-order valence-electron chi connectivity index (χ1n) is 6.17. The molecule has 1 atom stereocenters. The summed E-state index contributed by atoms with van der Waals surface area (Å²) in [6.45, 7) is 6.83. The maximum absolute atomic E-state index is 12.1. The monoisotopic (exact) mass is 255 g/mol. The van der Waals surface area contributed by atoms with Gasteiger partial charge in [0.05, 0.1) is 13.2 Å². The van der Waals surface area contributed by atoms with Gasteiger partial charge in [-0.05, 0) is 25.8 Å². The van der Waals surface area contributed by atoms with Crippen LogP contribution in [0.2, 0.25) is 0 Å². The molecule has 5 nitrogen and oxygen atoms in total. The van der Waals surface area contributed by atoms with Gasteiger partial charge in [-0.15, -0.1) is 0 Å². The van der Waals surface area contributed by atoms with Crippen molar-refractivity contribution in [2.24, 2.45) is 5.41 Å². The van der Waals surface area contributed by atoms with E-state index in [1.54, 1.807) is 18.9 Å². The molecule has 0 N–H and O–H groups in total. The molecule has 1 fully saturated rings. The number of carbonyl (C=O) groups excluding carboxylic acids is 2. The van der Waals surface area contributed by atoms with Crippen LogP contribution in [0.5, 0.6) is 0 Å². The highest BCUT2D eigenvalue weighted by atomic mass is 16.5. The number of hydrogen-bond acceptors (Lipinski definition) is 4. The second-order valence-corrected chi connectivity index (χ2v) is 4.50. The fraction of sp³-hybridized carbons (Fsp3) is 0.692. The molecule has 1 rings (SSSR count). The van der Waals surface area contributed by atoms with Gasteiger partial charge in [-0.25, -0.2) is 0 Å². The zero-order valence-electron chi connectivity index (χ0n) is 11.1. The van der Waals surface area contributed by atoms with Crippen molar-refractivity contribution in [3.63, 3.8) is 0 Å². The molecule has 5 heteroatoms. The Morgan fingerprint density at radius 1 is 1.50 bits per heavy atom. The lowest BCUT2D eigenvalue weighted by molar-refractivity contribution is -0.164. The minimum absolute atomic E-state index is 0.153. The fourth-order valence-electron chi connectivity index (χ4n) is 2.35. The number of amides is 1. The minimum atomic E-state index is -0.734. The summed E-state index contributed by atoms with van der Waals surface area (Å²) >= 11 is 0. The Hall–Kier alpha value is -1.36. The van der Waals surface area contributed by atoms with E-state index in [-0.39, 0.29) is 18.5 Å². The van der Waals surface area contributed by atoms with E-state index in [4.69, 9.17) is 9.47 Å². The maximum atomic E-state index is 12.1. The first kappa shape index (κ1) is 14.7. The number of methoxy groups -OCH3 is 1. The van der Waals surface area contributed by atoms with Crippen LogP contribution in [0.1, 0.15) is 19.8 Å². The van der Waals surface area contributed by atoms with Gasteiger partial charge in [-0.2, -0.15) is 0 Å². The Morgan fingerprint density at radius 2 is 2.22 bits per heavy atom. The van der Waals surface area contributed by atoms with Gasteiger partial charge in [0, 0.05) is 20.2 Å². The smallest absolute Gasteiger partial charge is 0.316 e. The molecule has 1 heterocycles. The predicted molar refractivity (Wildman–Crippen MR) is 67.0 cm³/mol. The summed E-state index contributed by atoms with van der Waals surface area (Å²) in [5.74, 6) is -0.437. The third kappa shape index (κ3) is 3.10. The van der Waals surface area contributed by atoms with Crippen LogP contribution in [0.25, 0.3) is 0 Å². The summed E-state index contributed by atoms with van der Waals surface area (Å²) in [4.78, 5) is 25.4. The molecular formula is C13H21NO4. The van der Waals surface area contributed by atoms with Gasteiger partial charge in [0.1, 0.15) is 5.41 Å². The fourth-order valence-corrected chi connectivity index (χ4v) is 2.35. The second kappa shape index (κ2) is 6.54. The van der Waals surface area contributed by atoms with Crippen LogP contribution in [0.3, 0.4) is 0 Å². The van der Waals surface area contributed by atoms with Gasteiger partial charge in [-0.3, -0.25) is 9.59 Å². The Morgan fingerprint density at radius 3 is 2.78 bits per heavy atom. The predicted octanol–water partition coefficient (Wildman–Crippen LogP) is 0.991. The van der Waals surface area contributed by atoms with Crippen LogP contribution in [0.4, 0.5) is 0 Å². The molecule has 0 aliphatic carbocycles. The molecular weight excluding hydrogens is 234 g/mol. The Labute approximate surface area is 108 Å². The van der Waals surface area contributed by atoms with E-state index in [2.05, 4.69) is 6.58 Å². The van der Waals surface area contributed by atoms with Crippen LogP contribution >= 0.6 is 0 Å². The van der Waals surface area contributed by atoms with Crippen molar-refractivity contribution in [3.8, 4) is 0 Å². The third-order valence-corrected chi connectivity index (χ3v) is 3.19. The zero-order valence-corrected chi connectivity index (χ0v) is 11.1. The lowest BCUT2D eigenvalue weighted by Gasteiger charge is -2.40. The zero-order chi connectivity index (χ0) is 13.6. The number of esters is 1. The Bertz CT molecular complexity index is 325. The minimum Gasteiger partial charge on any atom is -0.465 e. The standard InChI is InChI=1S/C13H21NO4/c1-4-11(15)14-8-6-7-13(9-14,10-17-3)12(16)18-5-2/h4H,1,5-10H2,2-3H3. The summed E-state index contributed by atoms with van der Waals surface area (Å²) in [5, 5.41) is 0. The van der Waals surface area contributed by atoms with Crippen LogP contribution in [0, 0.1) is 5.41 Å². The highest BCUT2D eigenvalue weighted by Gasteiger charge is 2.44. The van der Waals surface area contributed by atoms with E-state index < -0.39 is 5.41 Å². The molecule has 0 aromatic carbocycles. The summed E-state index contributed by atoms with van der Waals surface area (Å²) in [7, 11) is 1.55. The largest absolute Gasteiger partial charge is 0.465 e. The Balaban J connectivity index is 2.86. The first-order valence-corrected chi connectivity index (χ1v) is 6.17. The lowest BCUT2D eigenvalue weighted by Crippen LogP contribution is -2.52. The molecule has 0 spiro atoms. The van der Waals surface area contributed by atoms with Crippen molar-refractivity contribution >= 4 is 11.9 Å². The first-order chi connectivity index (χ1) is 8.59. The molecule has 1 aliphatic rings. The van der Waals surface area contributed by atoms with Crippen molar-refractivity contribution in [2.75, 3.05) is 33.4 Å². The lowest BCUT2D eigenvalue weighted by atomic mass is 9.80. The molecule has 1 amide bonds. The van der Waals surface area contributed by atoms with Gasteiger partial charge >= 0.3 is 5.97 Å². The summed E-state index contributed by atoms with van der Waals surface area (Å²) in [6.07, 6.45) is 2.72. The average molecular weight is 255 g/mol. The number of hydrogen-bond donors (Lipinski definition) is 0. The highest BCUT2D eigenvalue weighted by molar-refractivity contribution is 5.88. The second-order valence-electron chi connectivity index (χ2n) is 4.50. The van der Waals surface area contributed by atoms with Crippen molar-refractivity contribution in [1.29, 1.82) is 0 Å². The SMILES string of the molecule is C=CC(=O)N1CCCC(COC)(C(=O)OCC)C1. The maximum Gasteiger partial charge on any atom is 0.316 e. The molecule has 0 radical (unpaired) electrons. The average Bonchev–Trinajstić information content (AvgIpc) is 2.38. The van der Waals surface area contributed by atoms with Gasteiger partial charge in [0.15, 0.2) is 0 Å². The number of nitrogens with zero attached hydrogens (tertiary/aromatic N) is 1. The third-order valence-electron chi connectivity index (χ3n) is 3.19. The normalized spacial score (nSPS) is 23.6. The summed E-state index contributed by atoms with van der Waals surface area (Å²) < 4.78 is 10.3. The van der Waals surface area contributed by atoms with E-state index in [1.165, 1.54) is 6.08 Å². The number of ether oxygens (including phenoxy) is 2. The van der Waals surface area contributed by atoms with Crippen LogP contribution < -0.4 is 0 Å². The summed E-state index contributed by atoms with van der Waals surface area (Å²) in [6, 6.07) is 0. The molecule has 1 unspecified atom stereocenters. The van der Waals surface area contributed by atoms with E-state index in [0.29, 0.717) is 26.1 Å². The van der Waals surface area contributed by atoms with Gasteiger partial charge < -0.3 is 14.4 Å². The molecule has 1 aliphatic heterocycles. The number of likely N-dealkylation sites (tertiary alicyclic amines) is 1. The van der Waals surface area contributed by atoms with Crippen LogP contribution in [-0.4, -0.2) is 50.2 Å². The van der Waals surface area contributed by atoms with E-state index in [9.17, 15) is 9.59 Å². The van der Waals surface area contributed by atoms with Gasteiger partial charge in [0.2, 0.25) is 5.91 Å². The van der Waals surface area contributed by atoms with Gasteiger partial charge in [0.25, 0.3) is 0 Å². The van der Waals surface area contributed by atoms with E-state index >= 15 is 0 Å². The molecule has 0 aromatic heterocycles. The quantitative estimate of drug-likeness (QED) is 0.543. The molecule has 0 aromatic rings. The number of rotatable bonds is 5. The molecule has 102 valence electrons. The highest BCUT2D eigenvalue weighted by Crippen LogP contribution is 2.32. The number of piperidine rings is 1. The molecule has 1 saturated heterocycles. The van der Waals surface area contributed by atoms with Crippen molar-refractivity contribution in [3.05, 3.63) is 12.7 Å². The van der Waals surface area contributed by atoms with Crippen LogP contribution in [0.15, 0.2) is 12.7 Å².